The van der Waals surface area contributed by atoms with Crippen LogP contribution in [0.1, 0.15) is 36.5 Å². The highest BCUT2D eigenvalue weighted by molar-refractivity contribution is 5.30. The quantitative estimate of drug-likeness (QED) is 0.911. The Morgan fingerprint density at radius 3 is 2.13 bits per heavy atom. The fourth-order valence-corrected chi connectivity index (χ4v) is 3.69. The molecule has 2 nitrogen and oxygen atoms in total. The molecule has 1 saturated heterocycles. The standard InChI is InChI=1S/C21H28N2/c1-2-18-8-10-20(11-9-18)21(17-22)12-14-23(15-13-21)16-19-6-4-3-5-7-19/h3-11H,2,12-17,22H2,1H3. The molecule has 3 rings (SSSR count). The lowest BCUT2D eigenvalue weighted by molar-refractivity contribution is 0.156. The van der Waals surface area contributed by atoms with Crippen LogP contribution in [-0.2, 0) is 18.4 Å². The Morgan fingerprint density at radius 1 is 0.913 bits per heavy atom. The molecule has 0 atom stereocenters. The smallest absolute Gasteiger partial charge is 0.0233 e. The van der Waals surface area contributed by atoms with Crippen molar-refractivity contribution in [1.82, 2.24) is 4.90 Å². The van der Waals surface area contributed by atoms with Gasteiger partial charge in [-0.2, -0.15) is 0 Å². The van der Waals surface area contributed by atoms with Gasteiger partial charge in [-0.1, -0.05) is 61.5 Å². The molecule has 2 aromatic rings. The molecule has 1 aliphatic heterocycles. The molecule has 0 aromatic heterocycles. The summed E-state index contributed by atoms with van der Waals surface area (Å²) in [6.07, 6.45) is 3.41. The molecule has 1 fully saturated rings. The molecule has 23 heavy (non-hydrogen) atoms. The van der Waals surface area contributed by atoms with E-state index < -0.39 is 0 Å². The lowest BCUT2D eigenvalue weighted by atomic mass is 9.72. The van der Waals surface area contributed by atoms with E-state index in [0.29, 0.717) is 0 Å². The van der Waals surface area contributed by atoms with E-state index in [0.717, 1.165) is 45.4 Å². The van der Waals surface area contributed by atoms with Crippen molar-refractivity contribution in [2.24, 2.45) is 5.73 Å². The summed E-state index contributed by atoms with van der Waals surface area (Å²) in [6, 6.07) is 19.9. The first-order chi connectivity index (χ1) is 11.3. The third-order valence-electron chi connectivity index (χ3n) is 5.43. The van der Waals surface area contributed by atoms with Gasteiger partial charge in [0.1, 0.15) is 0 Å². The van der Waals surface area contributed by atoms with Crippen molar-refractivity contribution in [3.05, 3.63) is 71.3 Å². The zero-order valence-electron chi connectivity index (χ0n) is 14.2. The summed E-state index contributed by atoms with van der Waals surface area (Å²) in [5.41, 5.74) is 10.6. The monoisotopic (exact) mass is 308 g/mol. The SMILES string of the molecule is CCc1ccc(C2(CN)CCN(Cc3ccccc3)CC2)cc1. The van der Waals surface area contributed by atoms with Crippen LogP contribution >= 0.6 is 0 Å². The number of hydrogen-bond acceptors (Lipinski definition) is 2. The number of nitrogens with two attached hydrogens (primary N) is 1. The van der Waals surface area contributed by atoms with Crippen LogP contribution in [0.5, 0.6) is 0 Å². The van der Waals surface area contributed by atoms with E-state index in [1.54, 1.807) is 0 Å². The second kappa shape index (κ2) is 7.29. The van der Waals surface area contributed by atoms with Crippen molar-refractivity contribution in [1.29, 1.82) is 0 Å². The van der Waals surface area contributed by atoms with E-state index in [1.807, 2.05) is 0 Å². The topological polar surface area (TPSA) is 29.3 Å². The van der Waals surface area contributed by atoms with Gasteiger partial charge in [0.15, 0.2) is 0 Å². The number of rotatable bonds is 5. The molecular formula is C21H28N2. The Kier molecular flexibility index (Phi) is 5.14. The summed E-state index contributed by atoms with van der Waals surface area (Å²) >= 11 is 0. The average Bonchev–Trinajstić information content (AvgIpc) is 2.63. The number of benzene rings is 2. The van der Waals surface area contributed by atoms with Crippen molar-refractivity contribution in [3.63, 3.8) is 0 Å². The number of aryl methyl sites for hydroxylation is 1. The van der Waals surface area contributed by atoms with E-state index in [2.05, 4.69) is 66.4 Å². The van der Waals surface area contributed by atoms with Gasteiger partial charge in [0, 0.05) is 18.5 Å². The van der Waals surface area contributed by atoms with E-state index in [-0.39, 0.29) is 5.41 Å². The van der Waals surface area contributed by atoms with Gasteiger partial charge in [-0.3, -0.25) is 4.90 Å². The van der Waals surface area contributed by atoms with Crippen LogP contribution in [0, 0.1) is 0 Å². The molecule has 2 N–H and O–H groups in total. The first-order valence-corrected chi connectivity index (χ1v) is 8.81. The third-order valence-corrected chi connectivity index (χ3v) is 5.43. The average molecular weight is 308 g/mol. The van der Waals surface area contributed by atoms with E-state index in [9.17, 15) is 0 Å². The highest BCUT2D eigenvalue weighted by atomic mass is 15.1. The van der Waals surface area contributed by atoms with Crippen LogP contribution in [0.25, 0.3) is 0 Å². The lowest BCUT2D eigenvalue weighted by Gasteiger charge is -2.41. The Labute approximate surface area is 140 Å². The second-order valence-corrected chi connectivity index (χ2v) is 6.80. The molecule has 0 amide bonds. The highest BCUT2D eigenvalue weighted by Gasteiger charge is 2.34. The molecule has 2 heteroatoms. The molecule has 1 heterocycles. The zero-order chi connectivity index (χ0) is 16.1. The first kappa shape index (κ1) is 16.2. The van der Waals surface area contributed by atoms with Crippen molar-refractivity contribution >= 4 is 0 Å². The fourth-order valence-electron chi connectivity index (χ4n) is 3.69. The summed E-state index contributed by atoms with van der Waals surface area (Å²) < 4.78 is 0. The maximum atomic E-state index is 6.22. The summed E-state index contributed by atoms with van der Waals surface area (Å²) in [6.45, 7) is 6.26. The third kappa shape index (κ3) is 3.65. The minimum Gasteiger partial charge on any atom is -0.330 e. The van der Waals surface area contributed by atoms with Crippen LogP contribution in [-0.4, -0.2) is 24.5 Å². The van der Waals surface area contributed by atoms with E-state index in [1.165, 1.54) is 16.7 Å². The molecule has 0 unspecified atom stereocenters. The van der Waals surface area contributed by atoms with Crippen molar-refractivity contribution in [2.75, 3.05) is 19.6 Å². The summed E-state index contributed by atoms with van der Waals surface area (Å²) in [7, 11) is 0. The summed E-state index contributed by atoms with van der Waals surface area (Å²) in [5, 5.41) is 0. The van der Waals surface area contributed by atoms with Gasteiger partial charge >= 0.3 is 0 Å². The van der Waals surface area contributed by atoms with Crippen molar-refractivity contribution in [2.45, 2.75) is 38.1 Å². The highest BCUT2D eigenvalue weighted by Crippen LogP contribution is 2.35. The second-order valence-electron chi connectivity index (χ2n) is 6.80. The van der Waals surface area contributed by atoms with Gasteiger partial charge in [-0.05, 0) is 49.0 Å². The van der Waals surface area contributed by atoms with Gasteiger partial charge in [-0.15, -0.1) is 0 Å². The molecular weight excluding hydrogens is 280 g/mol. The molecule has 1 aliphatic rings. The Bertz CT molecular complexity index is 595. The van der Waals surface area contributed by atoms with Gasteiger partial charge in [-0.25, -0.2) is 0 Å². The first-order valence-electron chi connectivity index (χ1n) is 8.81. The van der Waals surface area contributed by atoms with Crippen molar-refractivity contribution < 1.29 is 0 Å². The predicted octanol–water partition coefficient (Wildman–Crippen LogP) is 3.74. The van der Waals surface area contributed by atoms with Crippen LogP contribution in [0.4, 0.5) is 0 Å². The maximum absolute atomic E-state index is 6.22. The van der Waals surface area contributed by atoms with Gasteiger partial charge in [0.05, 0.1) is 0 Å². The van der Waals surface area contributed by atoms with Crippen LogP contribution in [0.2, 0.25) is 0 Å². The van der Waals surface area contributed by atoms with Gasteiger partial charge < -0.3 is 5.73 Å². The number of nitrogens with zero attached hydrogens (tertiary/aromatic N) is 1. The summed E-state index contributed by atoms with van der Waals surface area (Å²) in [4.78, 5) is 2.56. The molecule has 122 valence electrons. The Morgan fingerprint density at radius 2 is 1.57 bits per heavy atom. The van der Waals surface area contributed by atoms with Gasteiger partial charge in [0.2, 0.25) is 0 Å². The van der Waals surface area contributed by atoms with Crippen molar-refractivity contribution in [3.8, 4) is 0 Å². The number of likely N-dealkylation sites (tertiary alicyclic amines) is 1. The molecule has 0 saturated carbocycles. The fraction of sp³-hybridized carbons (Fsp3) is 0.429. The zero-order valence-corrected chi connectivity index (χ0v) is 14.2. The van der Waals surface area contributed by atoms with E-state index >= 15 is 0 Å². The number of hydrogen-bond donors (Lipinski definition) is 1. The van der Waals surface area contributed by atoms with Gasteiger partial charge in [0.25, 0.3) is 0 Å². The minimum atomic E-state index is 0.166. The largest absolute Gasteiger partial charge is 0.330 e. The van der Waals surface area contributed by atoms with E-state index in [4.69, 9.17) is 5.73 Å². The Balaban J connectivity index is 1.67. The van der Waals surface area contributed by atoms with Crippen LogP contribution < -0.4 is 5.73 Å². The molecule has 0 radical (unpaired) electrons. The number of piperidine rings is 1. The minimum absolute atomic E-state index is 0.166. The predicted molar refractivity (Wildman–Crippen MR) is 97.5 cm³/mol. The normalized spacial score (nSPS) is 18.0. The van der Waals surface area contributed by atoms with Crippen LogP contribution in [0.3, 0.4) is 0 Å². The summed E-state index contributed by atoms with van der Waals surface area (Å²) in [5.74, 6) is 0. The lowest BCUT2D eigenvalue weighted by Crippen LogP contribution is -2.46. The molecule has 0 bridgehead atoms. The molecule has 0 aliphatic carbocycles. The Hall–Kier alpha value is -1.64. The molecule has 0 spiro atoms. The maximum Gasteiger partial charge on any atom is 0.0233 e. The van der Waals surface area contributed by atoms with Crippen LogP contribution in [0.15, 0.2) is 54.6 Å². The molecule has 2 aromatic carbocycles.